The zero-order valence-electron chi connectivity index (χ0n) is 13.8. The van der Waals surface area contributed by atoms with Gasteiger partial charge in [-0.2, -0.15) is 0 Å². The second kappa shape index (κ2) is 6.32. The predicted octanol–water partition coefficient (Wildman–Crippen LogP) is 4.04. The fourth-order valence-corrected chi connectivity index (χ4v) is 3.17. The van der Waals surface area contributed by atoms with Gasteiger partial charge in [-0.25, -0.2) is 0 Å². The lowest BCUT2D eigenvalue weighted by Gasteiger charge is -2.29. The van der Waals surface area contributed by atoms with E-state index < -0.39 is 5.97 Å². The molecule has 0 amide bonds. The Kier molecular flexibility index (Phi) is 4.22. The van der Waals surface area contributed by atoms with Crippen molar-refractivity contribution >= 4 is 5.97 Å². The molecular formula is C22H19O2-. The van der Waals surface area contributed by atoms with Crippen molar-refractivity contribution in [3.05, 3.63) is 95.6 Å². The normalized spacial score (nSPS) is 11.2. The molecule has 0 saturated heterocycles. The minimum absolute atomic E-state index is 0.216. The fraction of sp³-hybridized carbons (Fsp3) is 0.136. The van der Waals surface area contributed by atoms with Gasteiger partial charge in [0.05, 0.1) is 5.97 Å². The molecule has 3 aromatic carbocycles. The number of carbonyl (C=O) groups is 1. The topological polar surface area (TPSA) is 40.1 Å². The van der Waals surface area contributed by atoms with Gasteiger partial charge in [0.1, 0.15) is 0 Å². The summed E-state index contributed by atoms with van der Waals surface area (Å²) in [6, 6.07) is 25.2. The SMILES string of the molecule is CC(C)(c1ccccc1)c1ccccc1-c1ccccc1C(=O)[O-]. The average Bonchev–Trinajstić information content (AvgIpc) is 2.62. The molecule has 2 heteroatoms. The van der Waals surface area contributed by atoms with Crippen molar-refractivity contribution in [3.63, 3.8) is 0 Å². The standard InChI is InChI=1S/C22H20O2/c1-22(2,16-10-4-3-5-11-16)20-15-9-8-13-18(20)17-12-6-7-14-19(17)21(23)24/h3-15H,1-2H3,(H,23,24)/p-1. The van der Waals surface area contributed by atoms with Crippen LogP contribution in [0.15, 0.2) is 78.9 Å². The van der Waals surface area contributed by atoms with Gasteiger partial charge in [0.25, 0.3) is 0 Å². The third-order valence-electron chi connectivity index (χ3n) is 4.53. The summed E-state index contributed by atoms with van der Waals surface area (Å²) < 4.78 is 0. The van der Waals surface area contributed by atoms with Crippen LogP contribution in [0.1, 0.15) is 35.3 Å². The first-order valence-corrected chi connectivity index (χ1v) is 7.97. The lowest BCUT2D eigenvalue weighted by atomic mass is 9.74. The molecule has 0 aliphatic heterocycles. The van der Waals surface area contributed by atoms with E-state index in [1.54, 1.807) is 12.1 Å². The van der Waals surface area contributed by atoms with Crippen molar-refractivity contribution in [2.45, 2.75) is 19.3 Å². The van der Waals surface area contributed by atoms with Gasteiger partial charge >= 0.3 is 0 Å². The molecule has 0 radical (unpaired) electrons. The Labute approximate surface area is 142 Å². The third kappa shape index (κ3) is 2.83. The maximum atomic E-state index is 11.5. The third-order valence-corrected chi connectivity index (χ3v) is 4.53. The maximum absolute atomic E-state index is 11.5. The van der Waals surface area contributed by atoms with Gasteiger partial charge in [-0.15, -0.1) is 0 Å². The van der Waals surface area contributed by atoms with Gasteiger partial charge in [-0.3, -0.25) is 0 Å². The van der Waals surface area contributed by atoms with Crippen LogP contribution in [0.2, 0.25) is 0 Å². The van der Waals surface area contributed by atoms with Crippen molar-refractivity contribution in [1.82, 2.24) is 0 Å². The monoisotopic (exact) mass is 315 g/mol. The minimum atomic E-state index is -1.15. The first-order valence-electron chi connectivity index (χ1n) is 7.97. The van der Waals surface area contributed by atoms with Crippen LogP contribution in [0.5, 0.6) is 0 Å². The Balaban J connectivity index is 2.22. The van der Waals surface area contributed by atoms with Crippen LogP contribution in [0.4, 0.5) is 0 Å². The lowest BCUT2D eigenvalue weighted by Crippen LogP contribution is -2.24. The molecule has 2 nitrogen and oxygen atoms in total. The van der Waals surface area contributed by atoms with Crippen LogP contribution in [0, 0.1) is 0 Å². The molecule has 0 bridgehead atoms. The number of carbonyl (C=O) groups excluding carboxylic acids is 1. The highest BCUT2D eigenvalue weighted by atomic mass is 16.4. The Bertz CT molecular complexity index is 864. The van der Waals surface area contributed by atoms with Crippen LogP contribution in [-0.2, 0) is 5.41 Å². The molecule has 24 heavy (non-hydrogen) atoms. The number of rotatable bonds is 4. The highest BCUT2D eigenvalue weighted by molar-refractivity contribution is 5.95. The van der Waals surface area contributed by atoms with Crippen LogP contribution < -0.4 is 5.11 Å². The second-order valence-electron chi connectivity index (χ2n) is 6.37. The van der Waals surface area contributed by atoms with Gasteiger partial charge < -0.3 is 9.90 Å². The van der Waals surface area contributed by atoms with Crippen molar-refractivity contribution in [2.75, 3.05) is 0 Å². The van der Waals surface area contributed by atoms with Gasteiger partial charge in [-0.1, -0.05) is 92.7 Å². The first kappa shape index (κ1) is 16.0. The van der Waals surface area contributed by atoms with E-state index in [2.05, 4.69) is 32.0 Å². The molecular weight excluding hydrogens is 296 g/mol. The number of benzene rings is 3. The summed E-state index contributed by atoms with van der Waals surface area (Å²) in [5.41, 5.74) is 3.85. The number of aromatic carboxylic acids is 1. The predicted molar refractivity (Wildman–Crippen MR) is 94.8 cm³/mol. The number of carboxylic acid groups (broad SMARTS) is 1. The summed E-state index contributed by atoms with van der Waals surface area (Å²) in [6.07, 6.45) is 0. The molecule has 0 spiro atoms. The molecule has 3 rings (SSSR count). The largest absolute Gasteiger partial charge is 0.545 e. The number of carboxylic acids is 1. The van der Waals surface area contributed by atoms with Crippen LogP contribution >= 0.6 is 0 Å². The smallest absolute Gasteiger partial charge is 0.0721 e. The molecule has 0 aliphatic rings. The summed E-state index contributed by atoms with van der Waals surface area (Å²) in [7, 11) is 0. The van der Waals surface area contributed by atoms with Crippen LogP contribution in [-0.4, -0.2) is 5.97 Å². The van der Waals surface area contributed by atoms with Crippen molar-refractivity contribution in [1.29, 1.82) is 0 Å². The lowest BCUT2D eigenvalue weighted by molar-refractivity contribution is -0.254. The molecule has 0 aromatic heterocycles. The molecule has 0 atom stereocenters. The molecule has 120 valence electrons. The number of hydrogen-bond donors (Lipinski definition) is 0. The second-order valence-corrected chi connectivity index (χ2v) is 6.37. The Hall–Kier alpha value is -2.87. The van der Waals surface area contributed by atoms with Crippen molar-refractivity contribution < 1.29 is 9.90 Å². The van der Waals surface area contributed by atoms with E-state index in [9.17, 15) is 9.90 Å². The first-order chi connectivity index (χ1) is 11.5. The zero-order valence-corrected chi connectivity index (χ0v) is 13.8. The summed E-state index contributed by atoms with van der Waals surface area (Å²) in [4.78, 5) is 11.5. The molecule has 0 N–H and O–H groups in total. The minimum Gasteiger partial charge on any atom is -0.545 e. The van der Waals surface area contributed by atoms with E-state index in [0.29, 0.717) is 5.56 Å². The van der Waals surface area contributed by atoms with Crippen molar-refractivity contribution in [3.8, 4) is 11.1 Å². The van der Waals surface area contributed by atoms with Gasteiger partial charge in [0.2, 0.25) is 0 Å². The van der Waals surface area contributed by atoms with E-state index >= 15 is 0 Å². The zero-order chi connectivity index (χ0) is 17.2. The Morgan fingerprint density at radius 2 is 1.29 bits per heavy atom. The van der Waals surface area contributed by atoms with Crippen molar-refractivity contribution in [2.24, 2.45) is 0 Å². The molecule has 0 aliphatic carbocycles. The highest BCUT2D eigenvalue weighted by Crippen LogP contribution is 2.38. The van der Waals surface area contributed by atoms with E-state index in [1.807, 2.05) is 48.5 Å². The summed E-state index contributed by atoms with van der Waals surface area (Å²) in [5, 5.41) is 11.5. The van der Waals surface area contributed by atoms with E-state index in [0.717, 1.165) is 11.1 Å². The molecule has 3 aromatic rings. The Morgan fingerprint density at radius 3 is 1.96 bits per heavy atom. The molecule has 0 saturated carbocycles. The molecule has 0 heterocycles. The molecule has 0 unspecified atom stereocenters. The van der Waals surface area contributed by atoms with Crippen LogP contribution in [0.25, 0.3) is 11.1 Å². The van der Waals surface area contributed by atoms with Gasteiger partial charge in [0, 0.05) is 11.0 Å². The van der Waals surface area contributed by atoms with E-state index in [1.165, 1.54) is 5.56 Å². The average molecular weight is 315 g/mol. The fourth-order valence-electron chi connectivity index (χ4n) is 3.17. The molecule has 0 fully saturated rings. The van der Waals surface area contributed by atoms with Gasteiger partial charge in [0.15, 0.2) is 0 Å². The highest BCUT2D eigenvalue weighted by Gasteiger charge is 2.26. The van der Waals surface area contributed by atoms with Gasteiger partial charge in [-0.05, 0) is 22.3 Å². The summed E-state index contributed by atoms with van der Waals surface area (Å²) >= 11 is 0. The van der Waals surface area contributed by atoms with E-state index in [4.69, 9.17) is 0 Å². The quantitative estimate of drug-likeness (QED) is 0.729. The van der Waals surface area contributed by atoms with Crippen LogP contribution in [0.3, 0.4) is 0 Å². The van der Waals surface area contributed by atoms with E-state index in [-0.39, 0.29) is 11.0 Å². The Morgan fingerprint density at radius 1 is 0.750 bits per heavy atom. The summed E-state index contributed by atoms with van der Waals surface area (Å²) in [5.74, 6) is -1.15. The summed E-state index contributed by atoms with van der Waals surface area (Å²) in [6.45, 7) is 4.31. The maximum Gasteiger partial charge on any atom is 0.0721 e. The number of hydrogen-bond acceptors (Lipinski definition) is 2.